The molecule has 0 heterocycles. The predicted octanol–water partition coefficient (Wildman–Crippen LogP) is 4.96. The van der Waals surface area contributed by atoms with Gasteiger partial charge in [0.15, 0.2) is 5.78 Å². The Hall–Kier alpha value is -1.77. The molecule has 0 radical (unpaired) electrons. The van der Waals surface area contributed by atoms with Crippen molar-refractivity contribution in [1.29, 1.82) is 0 Å². The number of carbonyl (C=O) groups is 1. The van der Waals surface area contributed by atoms with Crippen LogP contribution < -0.4 is 4.90 Å². The van der Waals surface area contributed by atoms with E-state index in [2.05, 4.69) is 0 Å². The van der Waals surface area contributed by atoms with Gasteiger partial charge in [0.2, 0.25) is 0 Å². The summed E-state index contributed by atoms with van der Waals surface area (Å²) in [5, 5.41) is 0.875. The van der Waals surface area contributed by atoms with Crippen LogP contribution in [0.2, 0.25) is 10.0 Å². The summed E-state index contributed by atoms with van der Waals surface area (Å²) in [6.07, 6.45) is 3.28. The molecule has 0 aliphatic carbocycles. The zero-order valence-electron chi connectivity index (χ0n) is 11.8. The lowest BCUT2D eigenvalue weighted by molar-refractivity contribution is 0.104. The SMILES string of the molecule is CN(C)c1ccc(C=CC(=O)c2ccc(Cl)cc2Cl)cc1. The highest BCUT2D eigenvalue weighted by Crippen LogP contribution is 2.22. The maximum Gasteiger partial charge on any atom is 0.187 e. The first kappa shape index (κ1) is 15.6. The second-order valence-corrected chi connectivity index (χ2v) is 5.65. The lowest BCUT2D eigenvalue weighted by atomic mass is 10.1. The number of rotatable bonds is 4. The molecule has 0 aliphatic rings. The average Bonchev–Trinajstić information content (AvgIpc) is 2.45. The molecule has 0 fully saturated rings. The van der Waals surface area contributed by atoms with Crippen molar-refractivity contribution in [3.8, 4) is 0 Å². The number of anilines is 1. The molecule has 2 aromatic rings. The predicted molar refractivity (Wildman–Crippen MR) is 90.6 cm³/mol. The minimum Gasteiger partial charge on any atom is -0.378 e. The Morgan fingerprint density at radius 1 is 1.05 bits per heavy atom. The van der Waals surface area contributed by atoms with Gasteiger partial charge in [0.1, 0.15) is 0 Å². The summed E-state index contributed by atoms with van der Waals surface area (Å²) in [6.45, 7) is 0. The first-order valence-corrected chi connectivity index (χ1v) is 7.18. The number of ketones is 1. The van der Waals surface area contributed by atoms with Gasteiger partial charge in [-0.25, -0.2) is 0 Å². The van der Waals surface area contributed by atoms with Gasteiger partial charge in [-0.2, -0.15) is 0 Å². The van der Waals surface area contributed by atoms with Gasteiger partial charge in [0, 0.05) is 30.4 Å². The van der Waals surface area contributed by atoms with Crippen molar-refractivity contribution < 1.29 is 4.79 Å². The van der Waals surface area contributed by atoms with Crippen LogP contribution >= 0.6 is 23.2 Å². The fourth-order valence-electron chi connectivity index (χ4n) is 1.83. The number of nitrogens with zero attached hydrogens (tertiary/aromatic N) is 1. The molecule has 2 aromatic carbocycles. The summed E-state index contributed by atoms with van der Waals surface area (Å²) in [5.41, 5.74) is 2.51. The van der Waals surface area contributed by atoms with Crippen LogP contribution in [0.3, 0.4) is 0 Å². The third kappa shape index (κ3) is 4.10. The number of allylic oxidation sites excluding steroid dienone is 1. The molecule has 0 spiro atoms. The monoisotopic (exact) mass is 319 g/mol. The second-order valence-electron chi connectivity index (χ2n) is 4.81. The molecular formula is C17H15Cl2NO. The van der Waals surface area contributed by atoms with Crippen LogP contribution in [0.25, 0.3) is 6.08 Å². The van der Waals surface area contributed by atoms with E-state index in [0.29, 0.717) is 15.6 Å². The normalized spacial score (nSPS) is 10.9. The van der Waals surface area contributed by atoms with E-state index in [4.69, 9.17) is 23.2 Å². The topological polar surface area (TPSA) is 20.3 Å². The minimum atomic E-state index is -0.145. The van der Waals surface area contributed by atoms with E-state index in [1.807, 2.05) is 43.3 Å². The Morgan fingerprint density at radius 3 is 2.29 bits per heavy atom. The number of carbonyl (C=O) groups excluding carboxylic acids is 1. The van der Waals surface area contributed by atoms with Crippen molar-refractivity contribution in [3.05, 3.63) is 69.7 Å². The zero-order valence-corrected chi connectivity index (χ0v) is 13.3. The van der Waals surface area contributed by atoms with Gasteiger partial charge in [0.25, 0.3) is 0 Å². The molecule has 2 rings (SSSR count). The molecule has 0 aliphatic heterocycles. The Morgan fingerprint density at radius 2 is 1.71 bits per heavy atom. The van der Waals surface area contributed by atoms with Gasteiger partial charge < -0.3 is 4.90 Å². The van der Waals surface area contributed by atoms with Crippen LogP contribution in [0.15, 0.2) is 48.5 Å². The third-order valence-corrected chi connectivity index (χ3v) is 3.58. The molecule has 0 saturated carbocycles. The molecule has 21 heavy (non-hydrogen) atoms. The van der Waals surface area contributed by atoms with Crippen molar-refractivity contribution in [3.63, 3.8) is 0 Å². The zero-order chi connectivity index (χ0) is 15.4. The largest absolute Gasteiger partial charge is 0.378 e. The molecule has 4 heteroatoms. The molecule has 108 valence electrons. The van der Waals surface area contributed by atoms with Crippen LogP contribution in [-0.4, -0.2) is 19.9 Å². The molecule has 0 unspecified atom stereocenters. The molecule has 0 N–H and O–H groups in total. The fourth-order valence-corrected chi connectivity index (χ4v) is 2.34. The van der Waals surface area contributed by atoms with Crippen LogP contribution in [0.1, 0.15) is 15.9 Å². The summed E-state index contributed by atoms with van der Waals surface area (Å²) >= 11 is 11.8. The number of benzene rings is 2. The van der Waals surface area contributed by atoms with Crippen molar-refractivity contribution in [2.45, 2.75) is 0 Å². The molecule has 0 amide bonds. The van der Waals surface area contributed by atoms with Gasteiger partial charge >= 0.3 is 0 Å². The second kappa shape index (κ2) is 6.79. The van der Waals surface area contributed by atoms with E-state index >= 15 is 0 Å². The van der Waals surface area contributed by atoms with Gasteiger partial charge in [-0.05, 0) is 42.0 Å². The highest BCUT2D eigenvalue weighted by Gasteiger charge is 2.07. The quantitative estimate of drug-likeness (QED) is 0.586. The van der Waals surface area contributed by atoms with Gasteiger partial charge in [0.05, 0.1) is 5.02 Å². The Labute approximate surface area is 134 Å². The van der Waals surface area contributed by atoms with Gasteiger partial charge in [-0.3, -0.25) is 4.79 Å². The van der Waals surface area contributed by atoms with Crippen molar-refractivity contribution >= 4 is 40.7 Å². The van der Waals surface area contributed by atoms with E-state index in [0.717, 1.165) is 11.3 Å². The number of halogens is 2. The first-order valence-electron chi connectivity index (χ1n) is 6.42. The van der Waals surface area contributed by atoms with Gasteiger partial charge in [-0.15, -0.1) is 0 Å². The summed E-state index contributed by atoms with van der Waals surface area (Å²) in [7, 11) is 3.97. The highest BCUT2D eigenvalue weighted by atomic mass is 35.5. The molecule has 0 saturated heterocycles. The van der Waals surface area contributed by atoms with Crippen LogP contribution in [0.4, 0.5) is 5.69 Å². The number of hydrogen-bond donors (Lipinski definition) is 0. The van der Waals surface area contributed by atoms with Crippen molar-refractivity contribution in [2.75, 3.05) is 19.0 Å². The van der Waals surface area contributed by atoms with Crippen LogP contribution in [-0.2, 0) is 0 Å². The van der Waals surface area contributed by atoms with Gasteiger partial charge in [-0.1, -0.05) is 41.4 Å². The molecule has 0 atom stereocenters. The lowest BCUT2D eigenvalue weighted by Gasteiger charge is -2.11. The number of hydrogen-bond acceptors (Lipinski definition) is 2. The van der Waals surface area contributed by atoms with E-state index < -0.39 is 0 Å². The Bertz CT molecular complexity index is 676. The van der Waals surface area contributed by atoms with E-state index in [1.54, 1.807) is 24.3 Å². The first-order chi connectivity index (χ1) is 9.97. The van der Waals surface area contributed by atoms with Crippen LogP contribution in [0, 0.1) is 0 Å². The highest BCUT2D eigenvalue weighted by molar-refractivity contribution is 6.37. The average molecular weight is 320 g/mol. The Kier molecular flexibility index (Phi) is 5.05. The van der Waals surface area contributed by atoms with E-state index in [-0.39, 0.29) is 5.78 Å². The standard InChI is InChI=1S/C17H15Cl2NO/c1-20(2)14-7-3-12(4-8-14)5-10-17(21)15-9-6-13(18)11-16(15)19/h3-11H,1-2H3. The summed E-state index contributed by atoms with van der Waals surface area (Å²) in [6, 6.07) is 12.8. The molecule has 2 nitrogen and oxygen atoms in total. The minimum absolute atomic E-state index is 0.145. The maximum atomic E-state index is 12.1. The van der Waals surface area contributed by atoms with Crippen LogP contribution in [0.5, 0.6) is 0 Å². The maximum absolute atomic E-state index is 12.1. The summed E-state index contributed by atoms with van der Waals surface area (Å²) in [4.78, 5) is 14.1. The fraction of sp³-hybridized carbons (Fsp3) is 0.118. The molecule has 0 aromatic heterocycles. The smallest absolute Gasteiger partial charge is 0.187 e. The Balaban J connectivity index is 2.15. The molecular weight excluding hydrogens is 305 g/mol. The van der Waals surface area contributed by atoms with E-state index in [1.165, 1.54) is 6.08 Å². The third-order valence-electron chi connectivity index (χ3n) is 3.03. The lowest BCUT2D eigenvalue weighted by Crippen LogP contribution is -2.07. The molecule has 0 bridgehead atoms. The summed E-state index contributed by atoms with van der Waals surface area (Å²) < 4.78 is 0. The van der Waals surface area contributed by atoms with E-state index in [9.17, 15) is 4.79 Å². The van der Waals surface area contributed by atoms with Crippen molar-refractivity contribution in [2.24, 2.45) is 0 Å². The van der Waals surface area contributed by atoms with Crippen molar-refractivity contribution in [1.82, 2.24) is 0 Å². The summed E-state index contributed by atoms with van der Waals surface area (Å²) in [5.74, 6) is -0.145.